The summed E-state index contributed by atoms with van der Waals surface area (Å²) in [6.45, 7) is 2.23. The molecule has 0 spiro atoms. The standard InChI is InChI=1S/C17H18FN3O4/c1-10(22)12-7-20(15-11(12)4-3-5-19-15)8-14(23)21-9-17(2,18)6-13(21)16(24)25/h3-5,7,13H,6,8-9H2,1-2H3,(H,24,25)/t13-,17+/m0/s1. The molecular weight excluding hydrogens is 329 g/mol. The number of fused-ring (bicyclic) bond motifs is 1. The summed E-state index contributed by atoms with van der Waals surface area (Å²) in [7, 11) is 0. The highest BCUT2D eigenvalue weighted by atomic mass is 19.1. The Morgan fingerprint density at radius 3 is 2.80 bits per heavy atom. The zero-order chi connectivity index (χ0) is 18.4. The molecule has 0 bridgehead atoms. The number of carbonyl (C=O) groups excluding carboxylic acids is 2. The molecule has 3 heterocycles. The zero-order valence-electron chi connectivity index (χ0n) is 13.9. The van der Waals surface area contributed by atoms with Gasteiger partial charge in [-0.25, -0.2) is 14.2 Å². The van der Waals surface area contributed by atoms with Crippen LogP contribution in [0.2, 0.25) is 0 Å². The van der Waals surface area contributed by atoms with E-state index in [1.54, 1.807) is 18.3 Å². The van der Waals surface area contributed by atoms with Crippen LogP contribution in [0.3, 0.4) is 0 Å². The average Bonchev–Trinajstić information content (AvgIpc) is 3.05. The highest BCUT2D eigenvalue weighted by molar-refractivity contribution is 6.06. The summed E-state index contributed by atoms with van der Waals surface area (Å²) >= 11 is 0. The molecular formula is C17H18FN3O4. The molecule has 7 nitrogen and oxygen atoms in total. The molecule has 2 aromatic heterocycles. The van der Waals surface area contributed by atoms with E-state index in [1.807, 2.05) is 0 Å². The second kappa shape index (κ2) is 5.94. The number of hydrogen-bond donors (Lipinski definition) is 1. The number of carboxylic acids is 1. The molecule has 1 fully saturated rings. The van der Waals surface area contributed by atoms with Crippen molar-refractivity contribution in [1.82, 2.24) is 14.5 Å². The van der Waals surface area contributed by atoms with Crippen molar-refractivity contribution in [3.8, 4) is 0 Å². The van der Waals surface area contributed by atoms with Gasteiger partial charge in [0, 0.05) is 29.8 Å². The Bertz CT molecular complexity index is 874. The van der Waals surface area contributed by atoms with Gasteiger partial charge in [0.25, 0.3) is 0 Å². The van der Waals surface area contributed by atoms with Crippen LogP contribution in [0.1, 0.15) is 30.6 Å². The van der Waals surface area contributed by atoms with Crippen molar-refractivity contribution in [2.45, 2.75) is 38.5 Å². The average molecular weight is 347 g/mol. The predicted molar refractivity (Wildman–Crippen MR) is 87.0 cm³/mol. The van der Waals surface area contributed by atoms with Gasteiger partial charge < -0.3 is 14.6 Å². The molecule has 0 saturated carbocycles. The molecule has 132 valence electrons. The number of likely N-dealkylation sites (tertiary alicyclic amines) is 1. The van der Waals surface area contributed by atoms with E-state index in [9.17, 15) is 23.9 Å². The lowest BCUT2D eigenvalue weighted by Gasteiger charge is -2.21. The fraction of sp³-hybridized carbons (Fsp3) is 0.412. The Balaban J connectivity index is 1.92. The Morgan fingerprint density at radius 2 is 2.16 bits per heavy atom. The van der Waals surface area contributed by atoms with Crippen LogP contribution >= 0.6 is 0 Å². The number of alkyl halides is 1. The molecule has 0 aromatic carbocycles. The van der Waals surface area contributed by atoms with Gasteiger partial charge >= 0.3 is 5.97 Å². The van der Waals surface area contributed by atoms with Crippen LogP contribution < -0.4 is 0 Å². The molecule has 1 saturated heterocycles. The number of amides is 1. The quantitative estimate of drug-likeness (QED) is 0.849. The minimum Gasteiger partial charge on any atom is -0.480 e. The van der Waals surface area contributed by atoms with Gasteiger partial charge in [-0.3, -0.25) is 9.59 Å². The first-order valence-electron chi connectivity index (χ1n) is 7.85. The number of carboxylic acid groups (broad SMARTS) is 1. The number of rotatable bonds is 4. The maximum Gasteiger partial charge on any atom is 0.326 e. The van der Waals surface area contributed by atoms with Crippen LogP contribution in [0.25, 0.3) is 11.0 Å². The van der Waals surface area contributed by atoms with Crippen LogP contribution in [0.15, 0.2) is 24.5 Å². The van der Waals surface area contributed by atoms with E-state index in [4.69, 9.17) is 0 Å². The SMILES string of the molecule is CC(=O)c1cn(CC(=O)N2C[C@](C)(F)C[C@H]2C(=O)O)c2ncccc12. The van der Waals surface area contributed by atoms with E-state index < -0.39 is 23.6 Å². The number of Topliss-reactive ketones (excluding diaryl/α,β-unsaturated/α-hetero) is 1. The molecule has 0 radical (unpaired) electrons. The molecule has 1 aliphatic rings. The smallest absolute Gasteiger partial charge is 0.326 e. The third-order valence-electron chi connectivity index (χ3n) is 4.42. The minimum atomic E-state index is -1.74. The van der Waals surface area contributed by atoms with Crippen molar-refractivity contribution < 1.29 is 23.9 Å². The van der Waals surface area contributed by atoms with Gasteiger partial charge in [0.15, 0.2) is 5.78 Å². The summed E-state index contributed by atoms with van der Waals surface area (Å²) in [5.41, 5.74) is -0.849. The number of carbonyl (C=O) groups is 3. The van der Waals surface area contributed by atoms with E-state index in [0.29, 0.717) is 16.6 Å². The van der Waals surface area contributed by atoms with Crippen molar-refractivity contribution in [2.75, 3.05) is 6.54 Å². The molecule has 1 amide bonds. The number of hydrogen-bond acceptors (Lipinski definition) is 4. The number of halogens is 1. The van der Waals surface area contributed by atoms with E-state index in [2.05, 4.69) is 4.98 Å². The van der Waals surface area contributed by atoms with E-state index in [1.165, 1.54) is 24.6 Å². The van der Waals surface area contributed by atoms with Crippen LogP contribution in [0.5, 0.6) is 0 Å². The topological polar surface area (TPSA) is 92.5 Å². The zero-order valence-corrected chi connectivity index (χ0v) is 13.9. The van der Waals surface area contributed by atoms with Crippen LogP contribution in [0.4, 0.5) is 4.39 Å². The highest BCUT2D eigenvalue weighted by Crippen LogP contribution is 2.31. The Labute approximate surface area is 143 Å². The Morgan fingerprint density at radius 1 is 1.44 bits per heavy atom. The second-order valence-electron chi connectivity index (χ2n) is 6.59. The molecule has 1 aliphatic heterocycles. The molecule has 25 heavy (non-hydrogen) atoms. The number of aromatic nitrogens is 2. The summed E-state index contributed by atoms with van der Waals surface area (Å²) in [6, 6.07) is 2.23. The van der Waals surface area contributed by atoms with Crippen LogP contribution in [0, 0.1) is 0 Å². The third kappa shape index (κ3) is 3.11. The van der Waals surface area contributed by atoms with Crippen molar-refractivity contribution >= 4 is 28.7 Å². The number of ketones is 1. The van der Waals surface area contributed by atoms with Crippen LogP contribution in [-0.2, 0) is 16.1 Å². The van der Waals surface area contributed by atoms with Gasteiger partial charge in [-0.15, -0.1) is 0 Å². The maximum absolute atomic E-state index is 14.2. The van der Waals surface area contributed by atoms with Crippen LogP contribution in [-0.4, -0.2) is 55.5 Å². The summed E-state index contributed by atoms with van der Waals surface area (Å²) in [5.74, 6) is -1.91. The summed E-state index contributed by atoms with van der Waals surface area (Å²) in [4.78, 5) is 41.0. The van der Waals surface area contributed by atoms with Crippen molar-refractivity contribution in [3.63, 3.8) is 0 Å². The Hall–Kier alpha value is -2.77. The van der Waals surface area contributed by atoms with E-state index in [0.717, 1.165) is 4.90 Å². The largest absolute Gasteiger partial charge is 0.480 e. The molecule has 0 aliphatic carbocycles. The van der Waals surface area contributed by atoms with Gasteiger partial charge in [-0.2, -0.15) is 0 Å². The van der Waals surface area contributed by atoms with Crippen molar-refractivity contribution in [3.05, 3.63) is 30.1 Å². The van der Waals surface area contributed by atoms with Crippen molar-refractivity contribution in [1.29, 1.82) is 0 Å². The third-order valence-corrected chi connectivity index (χ3v) is 4.42. The van der Waals surface area contributed by atoms with Crippen molar-refractivity contribution in [2.24, 2.45) is 0 Å². The predicted octanol–water partition coefficient (Wildman–Crippen LogP) is 1.65. The van der Waals surface area contributed by atoms with E-state index >= 15 is 0 Å². The molecule has 0 unspecified atom stereocenters. The molecule has 8 heteroatoms. The maximum atomic E-state index is 14.2. The second-order valence-corrected chi connectivity index (χ2v) is 6.59. The first-order chi connectivity index (χ1) is 11.7. The molecule has 1 N–H and O–H groups in total. The van der Waals surface area contributed by atoms with Gasteiger partial charge in [0.05, 0.1) is 6.54 Å². The molecule has 3 rings (SSSR count). The fourth-order valence-corrected chi connectivity index (χ4v) is 3.29. The number of nitrogens with zero attached hydrogens (tertiary/aromatic N) is 3. The lowest BCUT2D eigenvalue weighted by Crippen LogP contribution is -2.42. The van der Waals surface area contributed by atoms with Gasteiger partial charge in [-0.05, 0) is 26.0 Å². The summed E-state index contributed by atoms with van der Waals surface area (Å²) in [5, 5.41) is 9.87. The van der Waals surface area contributed by atoms with Gasteiger partial charge in [0.2, 0.25) is 5.91 Å². The summed E-state index contributed by atoms with van der Waals surface area (Å²) in [6.07, 6.45) is 2.83. The Kier molecular flexibility index (Phi) is 4.06. The van der Waals surface area contributed by atoms with Gasteiger partial charge in [-0.1, -0.05) is 0 Å². The van der Waals surface area contributed by atoms with E-state index in [-0.39, 0.29) is 25.3 Å². The molecule has 2 atom stereocenters. The lowest BCUT2D eigenvalue weighted by atomic mass is 10.1. The minimum absolute atomic E-state index is 0.162. The van der Waals surface area contributed by atoms with Gasteiger partial charge in [0.1, 0.15) is 23.9 Å². The normalized spacial score (nSPS) is 23.2. The number of pyridine rings is 1. The first-order valence-corrected chi connectivity index (χ1v) is 7.85. The summed E-state index contributed by atoms with van der Waals surface area (Å²) < 4.78 is 15.7. The highest BCUT2D eigenvalue weighted by Gasteiger charge is 2.46. The number of aliphatic carboxylic acids is 1. The lowest BCUT2D eigenvalue weighted by molar-refractivity contribution is -0.148. The fourth-order valence-electron chi connectivity index (χ4n) is 3.29. The molecule has 2 aromatic rings. The first kappa shape index (κ1) is 17.1. The monoisotopic (exact) mass is 347 g/mol.